The minimum Gasteiger partial charge on any atom is -0.380 e. The third-order valence-electron chi connectivity index (χ3n) is 4.26. The molecule has 124 valence electrons. The monoisotopic (exact) mass is 331 g/mol. The van der Waals surface area contributed by atoms with E-state index in [2.05, 4.69) is 9.97 Å². The number of hydrogen-bond donors (Lipinski definition) is 2. The second-order valence-corrected chi connectivity index (χ2v) is 5.94. The standard InChI is InChI=1S/C20H17N3O2/c24-18(14-6-2-1-3-7-14)19-21-10-11-23(19)13-16-12-15-8-4-5-9-17(15)20(25)22-16/h1-12,18,24H,13H2,(H,22,25)/t18-/m1/s1. The van der Waals surface area contributed by atoms with E-state index in [4.69, 9.17) is 0 Å². The number of rotatable bonds is 4. The first kappa shape index (κ1) is 15.4. The topological polar surface area (TPSA) is 70.9 Å². The summed E-state index contributed by atoms with van der Waals surface area (Å²) >= 11 is 0. The predicted octanol–water partition coefficient (Wildman–Crippen LogP) is 2.85. The van der Waals surface area contributed by atoms with Crippen LogP contribution < -0.4 is 5.56 Å². The van der Waals surface area contributed by atoms with Crippen LogP contribution in [0.25, 0.3) is 10.8 Å². The van der Waals surface area contributed by atoms with Crippen molar-refractivity contribution in [1.82, 2.24) is 14.5 Å². The SMILES string of the molecule is O=c1[nH]c(Cn2ccnc2[C@H](O)c2ccccc2)cc2ccccc12. The fourth-order valence-corrected chi connectivity index (χ4v) is 3.02. The lowest BCUT2D eigenvalue weighted by Crippen LogP contribution is -2.15. The number of aromatic nitrogens is 3. The molecule has 0 aliphatic rings. The molecular formula is C20H17N3O2. The van der Waals surface area contributed by atoms with E-state index in [-0.39, 0.29) is 5.56 Å². The quantitative estimate of drug-likeness (QED) is 0.604. The number of nitrogens with one attached hydrogen (secondary N) is 1. The Hall–Kier alpha value is -3.18. The van der Waals surface area contributed by atoms with Gasteiger partial charge in [0.25, 0.3) is 5.56 Å². The molecular weight excluding hydrogens is 314 g/mol. The molecule has 0 bridgehead atoms. The van der Waals surface area contributed by atoms with E-state index in [1.807, 2.05) is 59.2 Å². The summed E-state index contributed by atoms with van der Waals surface area (Å²) in [7, 11) is 0. The lowest BCUT2D eigenvalue weighted by molar-refractivity contribution is 0.205. The minimum atomic E-state index is -0.816. The lowest BCUT2D eigenvalue weighted by atomic mass is 10.1. The molecule has 0 fully saturated rings. The second-order valence-electron chi connectivity index (χ2n) is 5.94. The summed E-state index contributed by atoms with van der Waals surface area (Å²) in [5, 5.41) is 12.2. The summed E-state index contributed by atoms with van der Waals surface area (Å²) in [6.45, 7) is 0.430. The molecule has 5 heteroatoms. The number of H-pyrrole nitrogens is 1. The Morgan fingerprint density at radius 1 is 1.08 bits per heavy atom. The zero-order valence-corrected chi connectivity index (χ0v) is 13.5. The molecule has 2 N–H and O–H groups in total. The summed E-state index contributed by atoms with van der Waals surface area (Å²) in [4.78, 5) is 19.4. The minimum absolute atomic E-state index is 0.113. The fourth-order valence-electron chi connectivity index (χ4n) is 3.02. The van der Waals surface area contributed by atoms with E-state index in [0.29, 0.717) is 17.8 Å². The Kier molecular flexibility index (Phi) is 3.91. The number of fused-ring (bicyclic) bond motifs is 1. The Morgan fingerprint density at radius 3 is 2.68 bits per heavy atom. The summed E-state index contributed by atoms with van der Waals surface area (Å²) in [6, 6.07) is 18.8. The molecule has 0 saturated heterocycles. The molecule has 2 heterocycles. The molecule has 0 radical (unpaired) electrons. The number of imidazole rings is 1. The van der Waals surface area contributed by atoms with Gasteiger partial charge in [-0.1, -0.05) is 48.5 Å². The van der Waals surface area contributed by atoms with Crippen LogP contribution in [0.1, 0.15) is 23.2 Å². The number of aliphatic hydroxyl groups excluding tert-OH is 1. The van der Waals surface area contributed by atoms with Crippen molar-refractivity contribution in [2.45, 2.75) is 12.6 Å². The molecule has 1 atom stereocenters. The van der Waals surface area contributed by atoms with Crippen LogP contribution in [0.5, 0.6) is 0 Å². The number of hydrogen-bond acceptors (Lipinski definition) is 3. The van der Waals surface area contributed by atoms with Gasteiger partial charge in [-0.15, -0.1) is 0 Å². The Balaban J connectivity index is 1.69. The normalized spacial score (nSPS) is 12.4. The van der Waals surface area contributed by atoms with E-state index < -0.39 is 6.10 Å². The van der Waals surface area contributed by atoms with Crippen LogP contribution in [0.2, 0.25) is 0 Å². The molecule has 0 spiro atoms. The maximum atomic E-state index is 12.2. The van der Waals surface area contributed by atoms with Gasteiger partial charge in [-0.2, -0.15) is 0 Å². The van der Waals surface area contributed by atoms with Gasteiger partial charge in [0, 0.05) is 23.5 Å². The molecule has 4 rings (SSSR count). The van der Waals surface area contributed by atoms with Gasteiger partial charge < -0.3 is 14.7 Å². The van der Waals surface area contributed by atoms with E-state index in [0.717, 1.165) is 16.6 Å². The molecule has 25 heavy (non-hydrogen) atoms. The molecule has 2 aromatic heterocycles. The van der Waals surface area contributed by atoms with Gasteiger partial charge in [0.05, 0.1) is 6.54 Å². The highest BCUT2D eigenvalue weighted by Gasteiger charge is 2.16. The first-order valence-corrected chi connectivity index (χ1v) is 8.07. The zero-order valence-electron chi connectivity index (χ0n) is 13.5. The van der Waals surface area contributed by atoms with Crippen molar-refractivity contribution in [3.8, 4) is 0 Å². The van der Waals surface area contributed by atoms with Gasteiger partial charge in [0.1, 0.15) is 11.9 Å². The van der Waals surface area contributed by atoms with Crippen LogP contribution in [-0.2, 0) is 6.54 Å². The Morgan fingerprint density at radius 2 is 1.84 bits per heavy atom. The van der Waals surface area contributed by atoms with Crippen molar-refractivity contribution in [2.75, 3.05) is 0 Å². The summed E-state index contributed by atoms with van der Waals surface area (Å²) < 4.78 is 1.84. The average molecular weight is 331 g/mol. The van der Waals surface area contributed by atoms with Gasteiger partial charge in [0.15, 0.2) is 0 Å². The first-order valence-electron chi connectivity index (χ1n) is 8.07. The van der Waals surface area contributed by atoms with Gasteiger partial charge in [0.2, 0.25) is 0 Å². The number of aromatic amines is 1. The van der Waals surface area contributed by atoms with Crippen molar-refractivity contribution >= 4 is 10.8 Å². The summed E-state index contributed by atoms with van der Waals surface area (Å²) in [5.41, 5.74) is 1.43. The van der Waals surface area contributed by atoms with Crippen LogP contribution in [0.4, 0.5) is 0 Å². The Labute approximate surface area is 144 Å². The third-order valence-corrected chi connectivity index (χ3v) is 4.26. The molecule has 0 aliphatic carbocycles. The number of benzene rings is 2. The largest absolute Gasteiger partial charge is 0.380 e. The summed E-state index contributed by atoms with van der Waals surface area (Å²) in [5.74, 6) is 0.542. The van der Waals surface area contributed by atoms with E-state index in [9.17, 15) is 9.90 Å². The summed E-state index contributed by atoms with van der Waals surface area (Å²) in [6.07, 6.45) is 2.64. The fraction of sp³-hybridized carbons (Fsp3) is 0.100. The highest BCUT2D eigenvalue weighted by molar-refractivity contribution is 5.81. The predicted molar refractivity (Wildman–Crippen MR) is 96.4 cm³/mol. The molecule has 5 nitrogen and oxygen atoms in total. The maximum Gasteiger partial charge on any atom is 0.256 e. The lowest BCUT2D eigenvalue weighted by Gasteiger charge is -2.14. The molecule has 0 aliphatic heterocycles. The van der Waals surface area contributed by atoms with Crippen LogP contribution in [-0.4, -0.2) is 19.6 Å². The highest BCUT2D eigenvalue weighted by Crippen LogP contribution is 2.21. The maximum absolute atomic E-state index is 12.2. The van der Waals surface area contributed by atoms with Gasteiger partial charge in [-0.25, -0.2) is 4.98 Å². The third kappa shape index (κ3) is 2.97. The smallest absolute Gasteiger partial charge is 0.256 e. The molecule has 0 saturated carbocycles. The van der Waals surface area contributed by atoms with E-state index in [1.54, 1.807) is 18.5 Å². The number of pyridine rings is 1. The van der Waals surface area contributed by atoms with Crippen LogP contribution in [0, 0.1) is 0 Å². The molecule has 2 aromatic carbocycles. The van der Waals surface area contributed by atoms with Gasteiger partial charge in [-0.05, 0) is 23.1 Å². The second kappa shape index (κ2) is 6.37. The van der Waals surface area contributed by atoms with Crippen molar-refractivity contribution in [3.63, 3.8) is 0 Å². The van der Waals surface area contributed by atoms with Crippen LogP contribution in [0.3, 0.4) is 0 Å². The highest BCUT2D eigenvalue weighted by atomic mass is 16.3. The van der Waals surface area contributed by atoms with Crippen LogP contribution in [0.15, 0.2) is 77.9 Å². The first-order chi connectivity index (χ1) is 12.2. The average Bonchev–Trinajstić information content (AvgIpc) is 3.10. The number of aliphatic hydroxyl groups is 1. The van der Waals surface area contributed by atoms with Crippen molar-refractivity contribution in [3.05, 3.63) is 100 Å². The van der Waals surface area contributed by atoms with Crippen molar-refractivity contribution in [1.29, 1.82) is 0 Å². The molecule has 4 aromatic rings. The molecule has 0 unspecified atom stereocenters. The van der Waals surface area contributed by atoms with Gasteiger partial charge in [-0.3, -0.25) is 4.79 Å². The van der Waals surface area contributed by atoms with Crippen LogP contribution >= 0.6 is 0 Å². The van der Waals surface area contributed by atoms with E-state index >= 15 is 0 Å². The van der Waals surface area contributed by atoms with Crippen molar-refractivity contribution < 1.29 is 5.11 Å². The van der Waals surface area contributed by atoms with E-state index in [1.165, 1.54) is 0 Å². The zero-order chi connectivity index (χ0) is 17.2. The number of nitrogens with zero attached hydrogens (tertiary/aromatic N) is 2. The Bertz CT molecular complexity index is 1070. The van der Waals surface area contributed by atoms with Crippen molar-refractivity contribution in [2.24, 2.45) is 0 Å². The molecule has 0 amide bonds. The van der Waals surface area contributed by atoms with Gasteiger partial charge >= 0.3 is 0 Å².